The molecule has 0 aliphatic heterocycles. The molecule has 0 amide bonds. The van der Waals surface area contributed by atoms with Crippen LogP contribution >= 0.6 is 0 Å². The van der Waals surface area contributed by atoms with Gasteiger partial charge in [0, 0.05) is 24.4 Å². The van der Waals surface area contributed by atoms with Crippen molar-refractivity contribution >= 4 is 5.97 Å². The summed E-state index contributed by atoms with van der Waals surface area (Å²) < 4.78 is 44.9. The number of ether oxygens (including phenoxy) is 1. The van der Waals surface area contributed by atoms with Gasteiger partial charge < -0.3 is 4.74 Å². The van der Waals surface area contributed by atoms with Crippen LogP contribution in [0.2, 0.25) is 0 Å². The van der Waals surface area contributed by atoms with Crippen molar-refractivity contribution in [3.63, 3.8) is 0 Å². The van der Waals surface area contributed by atoms with Crippen LogP contribution in [0.4, 0.5) is 13.2 Å². The highest BCUT2D eigenvalue weighted by Crippen LogP contribution is 2.18. The molecule has 0 aliphatic carbocycles. The number of hydrogen-bond acceptors (Lipinski definition) is 4. The maximum absolute atomic E-state index is 13.6. The first-order chi connectivity index (χ1) is 9.43. The molecule has 0 radical (unpaired) electrons. The minimum absolute atomic E-state index is 0.454. The molecule has 2 aromatic rings. The third-order valence-corrected chi connectivity index (χ3v) is 2.40. The molecule has 2 rings (SSSR count). The highest BCUT2D eigenvalue weighted by molar-refractivity contribution is 5.86. The molecule has 0 unspecified atom stereocenters. The Hall–Kier alpha value is -2.64. The Labute approximate surface area is 110 Å². The van der Waals surface area contributed by atoms with Gasteiger partial charge in [-0.15, -0.1) is 0 Å². The lowest BCUT2D eigenvalue weighted by atomic mass is 10.2. The van der Waals surface area contributed by atoms with E-state index in [1.807, 2.05) is 0 Å². The van der Waals surface area contributed by atoms with Crippen LogP contribution in [0, 0.1) is 17.5 Å². The van der Waals surface area contributed by atoms with Gasteiger partial charge in [-0.25, -0.2) is 22.6 Å². The van der Waals surface area contributed by atoms with Gasteiger partial charge in [-0.05, 0) is 0 Å². The summed E-state index contributed by atoms with van der Waals surface area (Å²) in [7, 11) is 1.03. The fourth-order valence-corrected chi connectivity index (χ4v) is 1.52. The minimum atomic E-state index is -1.23. The van der Waals surface area contributed by atoms with E-state index >= 15 is 0 Å². The molecule has 8 heteroatoms. The van der Waals surface area contributed by atoms with E-state index in [-0.39, 0.29) is 0 Å². The van der Waals surface area contributed by atoms with Crippen molar-refractivity contribution in [3.05, 3.63) is 57.8 Å². The molecule has 1 aromatic heterocycles. The average Bonchev–Trinajstić information content (AvgIpc) is 2.38. The zero-order valence-corrected chi connectivity index (χ0v) is 10.1. The normalized spacial score (nSPS) is 10.4. The Morgan fingerprint density at radius 1 is 1.25 bits per heavy atom. The van der Waals surface area contributed by atoms with Crippen molar-refractivity contribution in [2.45, 2.75) is 0 Å². The maximum Gasteiger partial charge on any atom is 0.362 e. The molecule has 0 fully saturated rings. The summed E-state index contributed by atoms with van der Waals surface area (Å²) in [5, 5.41) is 3.49. The fraction of sp³-hybridized carbons (Fsp3) is 0.0833. The molecule has 0 N–H and O–H groups in total. The zero-order chi connectivity index (χ0) is 14.9. The summed E-state index contributed by atoms with van der Waals surface area (Å²) in [6.07, 6.45) is 0.953. The van der Waals surface area contributed by atoms with Crippen LogP contribution in [0.5, 0.6) is 0 Å². The van der Waals surface area contributed by atoms with Gasteiger partial charge >= 0.3 is 5.97 Å². The Balaban J connectivity index is 2.66. The lowest BCUT2D eigenvalue weighted by Gasteiger charge is -2.08. The van der Waals surface area contributed by atoms with E-state index < -0.39 is 40.2 Å². The quantitative estimate of drug-likeness (QED) is 0.783. The van der Waals surface area contributed by atoms with Crippen LogP contribution in [0.1, 0.15) is 10.5 Å². The smallest absolute Gasteiger partial charge is 0.362 e. The largest absolute Gasteiger partial charge is 0.464 e. The monoisotopic (exact) mass is 284 g/mol. The second kappa shape index (κ2) is 5.16. The summed E-state index contributed by atoms with van der Waals surface area (Å²) in [6.45, 7) is 0. The average molecular weight is 284 g/mol. The molecular weight excluding hydrogens is 277 g/mol. The number of carbonyl (C=O) groups is 1. The van der Waals surface area contributed by atoms with Crippen molar-refractivity contribution in [2.24, 2.45) is 0 Å². The van der Waals surface area contributed by atoms with Gasteiger partial charge in [0.2, 0.25) is 11.1 Å². The predicted molar refractivity (Wildman–Crippen MR) is 61.0 cm³/mol. The van der Waals surface area contributed by atoms with Gasteiger partial charge in [0.25, 0.3) is 0 Å². The first kappa shape index (κ1) is 13.8. The summed E-state index contributed by atoms with van der Waals surface area (Å²) in [4.78, 5) is 22.7. The van der Waals surface area contributed by atoms with Crippen molar-refractivity contribution < 1.29 is 22.7 Å². The molecule has 5 nitrogen and oxygen atoms in total. The number of methoxy groups -OCH3 is 1. The van der Waals surface area contributed by atoms with Gasteiger partial charge in [0.15, 0.2) is 11.6 Å². The van der Waals surface area contributed by atoms with Crippen LogP contribution in [-0.2, 0) is 4.74 Å². The molecule has 1 aromatic carbocycles. The van der Waals surface area contributed by atoms with Gasteiger partial charge in [0.05, 0.1) is 7.11 Å². The van der Waals surface area contributed by atoms with E-state index in [2.05, 4.69) is 9.84 Å². The molecule has 0 bridgehead atoms. The SMILES string of the molecule is COC(=O)c1nn(-c2c(F)cc(F)cc2F)ccc1=O. The van der Waals surface area contributed by atoms with Gasteiger partial charge in [0.1, 0.15) is 11.5 Å². The number of benzene rings is 1. The zero-order valence-electron chi connectivity index (χ0n) is 10.1. The van der Waals surface area contributed by atoms with Crippen molar-refractivity contribution in [1.29, 1.82) is 0 Å². The summed E-state index contributed by atoms with van der Waals surface area (Å²) >= 11 is 0. The van der Waals surface area contributed by atoms with Crippen molar-refractivity contribution in [3.8, 4) is 5.69 Å². The topological polar surface area (TPSA) is 61.2 Å². The second-order valence-corrected chi connectivity index (χ2v) is 3.68. The number of aromatic nitrogens is 2. The molecule has 20 heavy (non-hydrogen) atoms. The summed E-state index contributed by atoms with van der Waals surface area (Å²) in [6, 6.07) is 1.80. The van der Waals surface area contributed by atoms with Gasteiger partial charge in [-0.2, -0.15) is 5.10 Å². The van der Waals surface area contributed by atoms with Gasteiger partial charge in [-0.3, -0.25) is 4.79 Å². The van der Waals surface area contributed by atoms with Crippen molar-refractivity contribution in [1.82, 2.24) is 9.78 Å². The Bertz CT molecular complexity index is 720. The maximum atomic E-state index is 13.6. The number of esters is 1. The molecule has 1 heterocycles. The molecule has 0 spiro atoms. The molecule has 0 atom stereocenters. The van der Waals surface area contributed by atoms with Crippen LogP contribution in [0.3, 0.4) is 0 Å². The lowest BCUT2D eigenvalue weighted by molar-refractivity contribution is 0.0590. The van der Waals surface area contributed by atoms with Gasteiger partial charge in [-0.1, -0.05) is 0 Å². The highest BCUT2D eigenvalue weighted by atomic mass is 19.1. The van der Waals surface area contributed by atoms with Crippen LogP contribution in [0.25, 0.3) is 5.69 Å². The number of halogens is 3. The standard InChI is InChI=1S/C12H7F3N2O3/c1-20-12(19)10-9(18)2-3-17(16-10)11-7(14)4-6(13)5-8(11)15/h2-5H,1H3. The number of carbonyl (C=O) groups excluding carboxylic acids is 1. The third-order valence-electron chi connectivity index (χ3n) is 2.40. The first-order valence-electron chi connectivity index (χ1n) is 5.27. The Morgan fingerprint density at radius 3 is 2.40 bits per heavy atom. The molecule has 104 valence electrons. The predicted octanol–water partition coefficient (Wildman–Crippen LogP) is 1.44. The molecule has 0 aliphatic rings. The van der Waals surface area contributed by atoms with E-state index in [0.29, 0.717) is 16.8 Å². The number of hydrogen-bond donors (Lipinski definition) is 0. The Morgan fingerprint density at radius 2 is 1.85 bits per heavy atom. The van der Waals surface area contributed by atoms with E-state index in [9.17, 15) is 22.8 Å². The lowest BCUT2D eigenvalue weighted by Crippen LogP contribution is -2.22. The molecular formula is C12H7F3N2O3. The summed E-state index contributed by atoms with van der Waals surface area (Å²) in [5.41, 5.74) is -2.12. The van der Waals surface area contributed by atoms with E-state index in [1.165, 1.54) is 0 Å². The Kier molecular flexibility index (Phi) is 3.55. The van der Waals surface area contributed by atoms with E-state index in [4.69, 9.17) is 0 Å². The highest BCUT2D eigenvalue weighted by Gasteiger charge is 2.18. The van der Waals surface area contributed by atoms with E-state index in [1.54, 1.807) is 0 Å². The van der Waals surface area contributed by atoms with Crippen LogP contribution < -0.4 is 5.43 Å². The first-order valence-corrected chi connectivity index (χ1v) is 5.27. The second-order valence-electron chi connectivity index (χ2n) is 3.68. The molecule has 0 saturated carbocycles. The van der Waals surface area contributed by atoms with Crippen LogP contribution in [0.15, 0.2) is 29.2 Å². The van der Waals surface area contributed by atoms with Crippen LogP contribution in [-0.4, -0.2) is 22.9 Å². The van der Waals surface area contributed by atoms with Crippen molar-refractivity contribution in [2.75, 3.05) is 7.11 Å². The molecule has 0 saturated heterocycles. The third kappa shape index (κ3) is 2.40. The minimum Gasteiger partial charge on any atom is -0.464 e. The summed E-state index contributed by atoms with van der Waals surface area (Å²) in [5.74, 6) is -4.60. The number of nitrogens with zero attached hydrogens (tertiary/aromatic N) is 2. The van der Waals surface area contributed by atoms with E-state index in [0.717, 1.165) is 19.4 Å². The fourth-order valence-electron chi connectivity index (χ4n) is 1.52. The number of rotatable bonds is 2.